The van der Waals surface area contributed by atoms with E-state index in [-0.39, 0.29) is 11.7 Å². The van der Waals surface area contributed by atoms with Crippen LogP contribution in [0.2, 0.25) is 0 Å². The molecule has 0 aliphatic carbocycles. The van der Waals surface area contributed by atoms with E-state index < -0.39 is 0 Å². The number of hydrogen-bond acceptors (Lipinski definition) is 4. The minimum atomic E-state index is -0.293. The highest BCUT2D eigenvalue weighted by atomic mass is 32.1. The minimum absolute atomic E-state index is 0.114. The van der Waals surface area contributed by atoms with Crippen LogP contribution >= 0.6 is 11.3 Å². The Bertz CT molecular complexity index is 1090. The SMILES string of the molecule is Cc1nn(-c2ccc(F)cc2)c2sc(C(=O)NCCc3ccccn3)cc12. The first-order chi connectivity index (χ1) is 13.1. The molecule has 0 unspecified atom stereocenters. The summed E-state index contributed by atoms with van der Waals surface area (Å²) in [6.07, 6.45) is 2.42. The summed E-state index contributed by atoms with van der Waals surface area (Å²) >= 11 is 1.38. The normalized spacial score (nSPS) is 11.0. The first-order valence-electron chi connectivity index (χ1n) is 8.55. The van der Waals surface area contributed by atoms with Gasteiger partial charge in [-0.25, -0.2) is 9.07 Å². The van der Waals surface area contributed by atoms with Crippen LogP contribution in [-0.2, 0) is 6.42 Å². The fraction of sp³-hybridized carbons (Fsp3) is 0.150. The van der Waals surface area contributed by atoms with Gasteiger partial charge in [-0.3, -0.25) is 9.78 Å². The minimum Gasteiger partial charge on any atom is -0.351 e. The van der Waals surface area contributed by atoms with Gasteiger partial charge in [-0.15, -0.1) is 11.3 Å². The molecular formula is C20H17FN4OS. The van der Waals surface area contributed by atoms with Gasteiger partial charge in [0.25, 0.3) is 5.91 Å². The molecular weight excluding hydrogens is 363 g/mol. The highest BCUT2D eigenvalue weighted by Gasteiger charge is 2.17. The van der Waals surface area contributed by atoms with E-state index in [0.29, 0.717) is 17.8 Å². The number of pyridine rings is 1. The first kappa shape index (κ1) is 17.4. The van der Waals surface area contributed by atoms with Crippen LogP contribution in [0.1, 0.15) is 21.1 Å². The molecule has 0 aliphatic rings. The Morgan fingerprint density at radius 2 is 2.04 bits per heavy atom. The van der Waals surface area contributed by atoms with Gasteiger partial charge < -0.3 is 5.32 Å². The molecule has 0 fully saturated rings. The number of carbonyl (C=O) groups excluding carboxylic acids is 1. The number of aryl methyl sites for hydroxylation is 1. The Morgan fingerprint density at radius 1 is 1.22 bits per heavy atom. The van der Waals surface area contributed by atoms with Crippen molar-refractivity contribution in [2.45, 2.75) is 13.3 Å². The Kier molecular flexibility index (Phi) is 4.68. The molecule has 1 amide bonds. The molecule has 0 radical (unpaired) electrons. The van der Waals surface area contributed by atoms with E-state index in [9.17, 15) is 9.18 Å². The van der Waals surface area contributed by atoms with Crippen LogP contribution in [0.4, 0.5) is 4.39 Å². The Hall–Kier alpha value is -3.06. The Labute approximate surface area is 159 Å². The Balaban J connectivity index is 1.53. The maximum atomic E-state index is 13.2. The van der Waals surface area contributed by atoms with Crippen molar-refractivity contribution in [2.24, 2.45) is 0 Å². The average Bonchev–Trinajstić information content (AvgIpc) is 3.24. The third kappa shape index (κ3) is 3.59. The largest absolute Gasteiger partial charge is 0.351 e. The molecule has 1 aromatic carbocycles. The monoisotopic (exact) mass is 380 g/mol. The first-order valence-corrected chi connectivity index (χ1v) is 9.36. The molecule has 3 aromatic heterocycles. The van der Waals surface area contributed by atoms with Crippen LogP contribution < -0.4 is 5.32 Å². The summed E-state index contributed by atoms with van der Waals surface area (Å²) in [5.41, 5.74) is 2.54. The summed E-state index contributed by atoms with van der Waals surface area (Å²) < 4.78 is 14.9. The lowest BCUT2D eigenvalue weighted by atomic mass is 10.2. The number of halogens is 1. The van der Waals surface area contributed by atoms with Gasteiger partial charge in [0.15, 0.2) is 0 Å². The third-order valence-corrected chi connectivity index (χ3v) is 5.34. The number of fused-ring (bicyclic) bond motifs is 1. The fourth-order valence-corrected chi connectivity index (χ4v) is 3.95. The lowest BCUT2D eigenvalue weighted by Gasteiger charge is -2.03. The van der Waals surface area contributed by atoms with E-state index in [0.717, 1.165) is 27.3 Å². The van der Waals surface area contributed by atoms with E-state index >= 15 is 0 Å². The van der Waals surface area contributed by atoms with Crippen molar-refractivity contribution in [3.63, 3.8) is 0 Å². The van der Waals surface area contributed by atoms with Crippen LogP contribution in [0, 0.1) is 12.7 Å². The third-order valence-electron chi connectivity index (χ3n) is 4.23. The van der Waals surface area contributed by atoms with E-state index in [2.05, 4.69) is 15.4 Å². The highest BCUT2D eigenvalue weighted by molar-refractivity contribution is 7.20. The van der Waals surface area contributed by atoms with Gasteiger partial charge >= 0.3 is 0 Å². The molecule has 0 spiro atoms. The van der Waals surface area contributed by atoms with Crippen molar-refractivity contribution in [3.8, 4) is 5.69 Å². The molecule has 136 valence electrons. The van der Waals surface area contributed by atoms with E-state index in [1.807, 2.05) is 31.2 Å². The summed E-state index contributed by atoms with van der Waals surface area (Å²) in [6.45, 7) is 2.42. The lowest BCUT2D eigenvalue weighted by Crippen LogP contribution is -2.25. The maximum absolute atomic E-state index is 13.2. The van der Waals surface area contributed by atoms with Gasteiger partial charge in [0.1, 0.15) is 10.6 Å². The molecule has 0 saturated carbocycles. The number of thiophene rings is 1. The standard InChI is InChI=1S/C20H17FN4OS/c1-13-17-12-18(19(26)23-11-9-15-4-2-3-10-22-15)27-20(17)25(24-13)16-7-5-14(21)6-8-16/h2-8,10,12H,9,11H2,1H3,(H,23,26). The summed E-state index contributed by atoms with van der Waals surface area (Å²) in [6, 6.07) is 13.7. The second-order valence-electron chi connectivity index (χ2n) is 6.13. The molecule has 0 atom stereocenters. The van der Waals surface area contributed by atoms with E-state index in [1.165, 1.54) is 23.5 Å². The van der Waals surface area contributed by atoms with Crippen molar-refractivity contribution in [1.82, 2.24) is 20.1 Å². The molecule has 0 bridgehead atoms. The number of carbonyl (C=O) groups is 1. The summed E-state index contributed by atoms with van der Waals surface area (Å²) in [5, 5.41) is 8.38. The smallest absolute Gasteiger partial charge is 0.261 e. The molecule has 3 heterocycles. The van der Waals surface area contributed by atoms with Gasteiger partial charge in [-0.1, -0.05) is 6.07 Å². The molecule has 4 rings (SSSR count). The predicted molar refractivity (Wildman–Crippen MR) is 104 cm³/mol. The quantitative estimate of drug-likeness (QED) is 0.571. The van der Waals surface area contributed by atoms with Crippen LogP contribution in [-0.4, -0.2) is 27.2 Å². The number of hydrogen-bond donors (Lipinski definition) is 1. The number of amides is 1. The number of benzene rings is 1. The van der Waals surface area contributed by atoms with Crippen LogP contribution in [0.3, 0.4) is 0 Å². The van der Waals surface area contributed by atoms with Gasteiger partial charge in [0.05, 0.1) is 16.3 Å². The topological polar surface area (TPSA) is 59.8 Å². The zero-order chi connectivity index (χ0) is 18.8. The van der Waals surface area contributed by atoms with Gasteiger partial charge in [0.2, 0.25) is 0 Å². The van der Waals surface area contributed by atoms with Crippen molar-refractivity contribution >= 4 is 27.5 Å². The van der Waals surface area contributed by atoms with Crippen LogP contribution in [0.25, 0.3) is 15.9 Å². The summed E-state index contributed by atoms with van der Waals surface area (Å²) in [5.74, 6) is -0.407. The van der Waals surface area contributed by atoms with Crippen molar-refractivity contribution in [2.75, 3.05) is 6.54 Å². The number of nitrogens with zero attached hydrogens (tertiary/aromatic N) is 3. The fourth-order valence-electron chi connectivity index (χ4n) is 2.85. The van der Waals surface area contributed by atoms with Crippen LogP contribution in [0.5, 0.6) is 0 Å². The zero-order valence-electron chi connectivity index (χ0n) is 14.6. The van der Waals surface area contributed by atoms with Crippen molar-refractivity contribution < 1.29 is 9.18 Å². The van der Waals surface area contributed by atoms with E-state index in [4.69, 9.17) is 0 Å². The lowest BCUT2D eigenvalue weighted by molar-refractivity contribution is 0.0958. The molecule has 27 heavy (non-hydrogen) atoms. The predicted octanol–water partition coefficient (Wildman–Crippen LogP) is 3.90. The van der Waals surface area contributed by atoms with Gasteiger partial charge in [-0.2, -0.15) is 5.10 Å². The number of aromatic nitrogens is 3. The Morgan fingerprint density at radius 3 is 2.78 bits per heavy atom. The number of nitrogens with one attached hydrogen (secondary N) is 1. The molecule has 4 aromatic rings. The van der Waals surface area contributed by atoms with Gasteiger partial charge in [-0.05, 0) is 49.4 Å². The molecule has 1 N–H and O–H groups in total. The summed E-state index contributed by atoms with van der Waals surface area (Å²) in [4.78, 5) is 18.3. The second-order valence-corrected chi connectivity index (χ2v) is 7.16. The summed E-state index contributed by atoms with van der Waals surface area (Å²) in [7, 11) is 0. The zero-order valence-corrected chi connectivity index (χ0v) is 15.5. The number of rotatable bonds is 5. The molecule has 0 saturated heterocycles. The average molecular weight is 380 g/mol. The van der Waals surface area contributed by atoms with E-state index in [1.54, 1.807) is 23.0 Å². The highest BCUT2D eigenvalue weighted by Crippen LogP contribution is 2.30. The van der Waals surface area contributed by atoms with Crippen LogP contribution in [0.15, 0.2) is 54.7 Å². The van der Waals surface area contributed by atoms with Gasteiger partial charge in [0, 0.05) is 30.2 Å². The molecule has 5 nitrogen and oxygen atoms in total. The molecule has 7 heteroatoms. The van der Waals surface area contributed by atoms with Crippen molar-refractivity contribution in [1.29, 1.82) is 0 Å². The van der Waals surface area contributed by atoms with Crippen molar-refractivity contribution in [3.05, 3.63) is 76.8 Å². The second kappa shape index (κ2) is 7.28. The molecule has 0 aliphatic heterocycles. The maximum Gasteiger partial charge on any atom is 0.261 e.